The molecule has 7 nitrogen and oxygen atoms in total. The van der Waals surface area contributed by atoms with Gasteiger partial charge in [0.1, 0.15) is 16.8 Å². The molecular weight excluding hydrogens is 358 g/mol. The molecule has 2 rings (SSSR count). The molecule has 1 aromatic carbocycles. The van der Waals surface area contributed by atoms with Gasteiger partial charge in [-0.05, 0) is 30.3 Å². The molecule has 0 unspecified atom stereocenters. The van der Waals surface area contributed by atoms with E-state index in [-0.39, 0.29) is 16.1 Å². The molecule has 2 aromatic rings. The average molecular weight is 368 g/mol. The minimum Gasteiger partial charge on any atom is -0.308 e. The van der Waals surface area contributed by atoms with E-state index in [9.17, 15) is 8.42 Å². The highest BCUT2D eigenvalue weighted by atomic mass is 79.9. The lowest BCUT2D eigenvalue weighted by Crippen LogP contribution is -2.15. The van der Waals surface area contributed by atoms with Crippen LogP contribution in [0.2, 0.25) is 0 Å². The summed E-state index contributed by atoms with van der Waals surface area (Å²) in [4.78, 5) is 3.80. The van der Waals surface area contributed by atoms with Gasteiger partial charge < -0.3 is 5.43 Å². The van der Waals surface area contributed by atoms with Crippen molar-refractivity contribution < 1.29 is 8.42 Å². The van der Waals surface area contributed by atoms with E-state index in [2.05, 4.69) is 31.1 Å². The Morgan fingerprint density at radius 1 is 1.29 bits per heavy atom. The number of nitrogen functional groups attached to an aromatic ring is 1. The van der Waals surface area contributed by atoms with E-state index in [0.29, 0.717) is 10.3 Å². The van der Waals surface area contributed by atoms with Crippen LogP contribution < -0.4 is 16.0 Å². The molecule has 4 N–H and O–H groups in total. The van der Waals surface area contributed by atoms with Crippen molar-refractivity contribution in [2.24, 2.45) is 5.84 Å². The number of sulfonamides is 1. The summed E-state index contributed by atoms with van der Waals surface area (Å²) in [6, 6.07) is 9.39. The number of nitrogens with one attached hydrogen (secondary N) is 2. The first-order valence-corrected chi connectivity index (χ1v) is 7.89. The van der Waals surface area contributed by atoms with Crippen molar-refractivity contribution in [1.29, 1.82) is 5.26 Å². The van der Waals surface area contributed by atoms with Gasteiger partial charge in [0.05, 0.1) is 11.3 Å². The second-order valence-corrected chi connectivity index (χ2v) is 6.53. The Balaban J connectivity index is 2.37. The number of nitriles is 1. The molecule has 0 saturated carbocycles. The van der Waals surface area contributed by atoms with E-state index in [1.807, 2.05) is 6.07 Å². The number of benzene rings is 1. The van der Waals surface area contributed by atoms with E-state index in [1.165, 1.54) is 30.5 Å². The standard InChI is InChI=1S/C12H10BrN5O2S/c13-9-2-1-8(6-14)11(5-9)18-21(19,20)10-3-4-12(17-15)16-7-10/h1-5,7,18H,15H2,(H,16,17). The Bertz CT molecular complexity index is 799. The van der Waals surface area contributed by atoms with Gasteiger partial charge in [-0.3, -0.25) is 4.72 Å². The van der Waals surface area contributed by atoms with Crippen molar-refractivity contribution in [3.8, 4) is 6.07 Å². The molecule has 0 bridgehead atoms. The molecule has 0 saturated heterocycles. The van der Waals surface area contributed by atoms with E-state index < -0.39 is 10.0 Å². The summed E-state index contributed by atoms with van der Waals surface area (Å²) in [5, 5.41) is 9.01. The third kappa shape index (κ3) is 3.49. The van der Waals surface area contributed by atoms with Crippen LogP contribution in [-0.2, 0) is 10.0 Å². The first kappa shape index (κ1) is 15.2. The first-order valence-electron chi connectivity index (χ1n) is 5.61. The van der Waals surface area contributed by atoms with Crippen LogP contribution in [0.15, 0.2) is 45.9 Å². The van der Waals surface area contributed by atoms with E-state index in [1.54, 1.807) is 6.07 Å². The fourth-order valence-corrected chi connectivity index (χ4v) is 2.90. The summed E-state index contributed by atoms with van der Waals surface area (Å²) < 4.78 is 27.5. The molecule has 0 atom stereocenters. The minimum absolute atomic E-state index is 0.0367. The lowest BCUT2D eigenvalue weighted by Gasteiger charge is -2.10. The van der Waals surface area contributed by atoms with Crippen LogP contribution in [0.4, 0.5) is 11.5 Å². The van der Waals surface area contributed by atoms with Gasteiger partial charge in [0.2, 0.25) is 0 Å². The molecule has 1 aromatic heterocycles. The monoisotopic (exact) mass is 367 g/mol. The van der Waals surface area contributed by atoms with Crippen LogP contribution in [0.25, 0.3) is 0 Å². The van der Waals surface area contributed by atoms with E-state index in [0.717, 1.165) is 0 Å². The van der Waals surface area contributed by atoms with Gasteiger partial charge in [-0.15, -0.1) is 0 Å². The second-order valence-electron chi connectivity index (χ2n) is 3.93. The fraction of sp³-hybridized carbons (Fsp3) is 0. The van der Waals surface area contributed by atoms with Crippen molar-refractivity contribution in [2.75, 3.05) is 10.1 Å². The van der Waals surface area contributed by atoms with Crippen molar-refractivity contribution >= 4 is 37.5 Å². The first-order chi connectivity index (χ1) is 9.96. The van der Waals surface area contributed by atoms with Crippen LogP contribution in [0.5, 0.6) is 0 Å². The van der Waals surface area contributed by atoms with Crippen molar-refractivity contribution in [3.05, 3.63) is 46.6 Å². The molecule has 0 fully saturated rings. The molecular formula is C12H10BrN5O2S. The van der Waals surface area contributed by atoms with E-state index in [4.69, 9.17) is 11.1 Å². The van der Waals surface area contributed by atoms with Crippen molar-refractivity contribution in [2.45, 2.75) is 4.90 Å². The van der Waals surface area contributed by atoms with Crippen LogP contribution >= 0.6 is 15.9 Å². The zero-order valence-electron chi connectivity index (χ0n) is 10.5. The van der Waals surface area contributed by atoms with Gasteiger partial charge >= 0.3 is 0 Å². The normalized spacial score (nSPS) is 10.7. The Hall–Kier alpha value is -2.15. The molecule has 0 amide bonds. The number of pyridine rings is 1. The fourth-order valence-electron chi connectivity index (χ4n) is 1.53. The molecule has 21 heavy (non-hydrogen) atoms. The quantitative estimate of drug-likeness (QED) is 0.559. The summed E-state index contributed by atoms with van der Waals surface area (Å²) >= 11 is 3.23. The average Bonchev–Trinajstić information content (AvgIpc) is 2.47. The lowest BCUT2D eigenvalue weighted by molar-refractivity contribution is 0.601. The highest BCUT2D eigenvalue weighted by Crippen LogP contribution is 2.23. The summed E-state index contributed by atoms with van der Waals surface area (Å²) in [5.41, 5.74) is 2.71. The van der Waals surface area contributed by atoms with E-state index >= 15 is 0 Å². The summed E-state index contributed by atoms with van der Waals surface area (Å²) in [7, 11) is -3.84. The predicted molar refractivity (Wildman–Crippen MR) is 81.7 cm³/mol. The van der Waals surface area contributed by atoms with Gasteiger partial charge in [-0.2, -0.15) is 5.26 Å². The van der Waals surface area contributed by atoms with Crippen LogP contribution in [0.1, 0.15) is 5.56 Å². The largest absolute Gasteiger partial charge is 0.308 e. The molecule has 0 aliphatic heterocycles. The third-order valence-electron chi connectivity index (χ3n) is 2.54. The maximum atomic E-state index is 12.3. The number of hydrogen-bond acceptors (Lipinski definition) is 6. The lowest BCUT2D eigenvalue weighted by atomic mass is 10.2. The zero-order valence-corrected chi connectivity index (χ0v) is 12.9. The molecule has 0 aliphatic rings. The number of aromatic nitrogens is 1. The summed E-state index contributed by atoms with van der Waals surface area (Å²) in [6.45, 7) is 0. The van der Waals surface area contributed by atoms with Gasteiger partial charge in [0, 0.05) is 10.7 Å². The highest BCUT2D eigenvalue weighted by molar-refractivity contribution is 9.10. The maximum Gasteiger partial charge on any atom is 0.263 e. The SMILES string of the molecule is N#Cc1ccc(Br)cc1NS(=O)(=O)c1ccc(NN)nc1. The Kier molecular flexibility index (Phi) is 4.42. The molecule has 0 radical (unpaired) electrons. The van der Waals surface area contributed by atoms with Gasteiger partial charge in [-0.25, -0.2) is 19.2 Å². The molecule has 0 spiro atoms. The topological polar surface area (TPSA) is 121 Å². The number of nitrogens with two attached hydrogens (primary N) is 1. The molecule has 0 aliphatic carbocycles. The maximum absolute atomic E-state index is 12.3. The van der Waals surface area contributed by atoms with Gasteiger partial charge in [-0.1, -0.05) is 15.9 Å². The minimum atomic E-state index is -3.84. The van der Waals surface area contributed by atoms with Gasteiger partial charge in [0.25, 0.3) is 10.0 Å². The molecule has 1 heterocycles. The second kappa shape index (κ2) is 6.09. The Labute approximate surface area is 130 Å². The Morgan fingerprint density at radius 3 is 2.62 bits per heavy atom. The molecule has 108 valence electrons. The Morgan fingerprint density at radius 2 is 2.05 bits per heavy atom. The zero-order chi connectivity index (χ0) is 15.5. The van der Waals surface area contributed by atoms with Crippen molar-refractivity contribution in [3.63, 3.8) is 0 Å². The third-order valence-corrected chi connectivity index (χ3v) is 4.38. The highest BCUT2D eigenvalue weighted by Gasteiger charge is 2.17. The number of nitrogens with zero attached hydrogens (tertiary/aromatic N) is 2. The number of hydrazine groups is 1. The molecule has 9 heteroatoms. The number of hydrogen-bond donors (Lipinski definition) is 3. The number of rotatable bonds is 4. The summed E-state index contributed by atoms with van der Waals surface area (Å²) in [5.74, 6) is 5.51. The van der Waals surface area contributed by atoms with Crippen LogP contribution in [0, 0.1) is 11.3 Å². The van der Waals surface area contributed by atoms with Gasteiger partial charge in [0.15, 0.2) is 0 Å². The summed E-state index contributed by atoms with van der Waals surface area (Å²) in [6.07, 6.45) is 1.17. The van der Waals surface area contributed by atoms with Crippen LogP contribution in [-0.4, -0.2) is 13.4 Å². The van der Waals surface area contributed by atoms with Crippen molar-refractivity contribution in [1.82, 2.24) is 4.98 Å². The van der Waals surface area contributed by atoms with Crippen LogP contribution in [0.3, 0.4) is 0 Å². The smallest absolute Gasteiger partial charge is 0.263 e. The number of anilines is 2. The predicted octanol–water partition coefficient (Wildman–Crippen LogP) is 1.80. The number of halogens is 1.